The van der Waals surface area contributed by atoms with Gasteiger partial charge in [-0.1, -0.05) is 0 Å². The van der Waals surface area contributed by atoms with Crippen LogP contribution in [0.3, 0.4) is 0 Å². The van der Waals surface area contributed by atoms with Gasteiger partial charge in [0.15, 0.2) is 5.65 Å². The van der Waals surface area contributed by atoms with Crippen molar-refractivity contribution in [3.05, 3.63) is 18.3 Å². The van der Waals surface area contributed by atoms with E-state index in [0.29, 0.717) is 11.6 Å². The number of halogens is 1. The topological polar surface area (TPSA) is 43.6 Å². The fraction of sp³-hybridized carbons (Fsp3) is 0.375. The molecule has 1 saturated carbocycles. The third-order valence-electron chi connectivity index (χ3n) is 2.24. The van der Waals surface area contributed by atoms with Crippen molar-refractivity contribution < 1.29 is 0 Å². The number of imidazole rings is 1. The summed E-state index contributed by atoms with van der Waals surface area (Å²) >= 11 is 6.06. The molecule has 0 aromatic carbocycles. The van der Waals surface area contributed by atoms with Crippen molar-refractivity contribution in [1.29, 1.82) is 0 Å². The summed E-state index contributed by atoms with van der Waals surface area (Å²) in [7, 11) is 0. The Labute approximate surface area is 79.7 Å². The van der Waals surface area contributed by atoms with Gasteiger partial charge in [-0.15, -0.1) is 0 Å². The normalized spacial score (nSPS) is 16.7. The van der Waals surface area contributed by atoms with Crippen LogP contribution in [0.5, 0.6) is 0 Å². The first kappa shape index (κ1) is 7.26. The number of nitrogens with zero attached hydrogens (tertiary/aromatic N) is 4. The Morgan fingerprint density at radius 3 is 3.00 bits per heavy atom. The summed E-state index contributed by atoms with van der Waals surface area (Å²) in [4.78, 5) is 12.4. The lowest BCUT2D eigenvalue weighted by atomic mass is 10.4. The van der Waals surface area contributed by atoms with Crippen LogP contribution in [0.4, 0.5) is 0 Å². The van der Waals surface area contributed by atoms with Gasteiger partial charge in [0, 0.05) is 17.7 Å². The Morgan fingerprint density at radius 2 is 2.31 bits per heavy atom. The Balaban J connectivity index is 2.30. The van der Waals surface area contributed by atoms with Gasteiger partial charge in [0.25, 0.3) is 0 Å². The van der Waals surface area contributed by atoms with Crippen molar-refractivity contribution in [2.45, 2.75) is 18.8 Å². The molecule has 3 rings (SSSR count). The maximum atomic E-state index is 6.06. The average molecular weight is 195 g/mol. The van der Waals surface area contributed by atoms with Crippen LogP contribution in [0.1, 0.15) is 24.6 Å². The van der Waals surface area contributed by atoms with Crippen LogP contribution in [-0.2, 0) is 0 Å². The first-order valence-electron chi connectivity index (χ1n) is 4.21. The van der Waals surface area contributed by atoms with Gasteiger partial charge in [-0.05, 0) is 12.8 Å². The van der Waals surface area contributed by atoms with E-state index in [4.69, 9.17) is 11.8 Å². The van der Waals surface area contributed by atoms with Crippen LogP contribution in [0.25, 0.3) is 11.2 Å². The number of aromatic nitrogens is 4. The van der Waals surface area contributed by atoms with Crippen LogP contribution < -0.4 is 0 Å². The highest BCUT2D eigenvalue weighted by Crippen LogP contribution is 2.40. The molecule has 0 unspecified atom stereocenters. The smallest absolute Gasteiger partial charge is 0.178 e. The van der Waals surface area contributed by atoms with Gasteiger partial charge in [-0.3, -0.25) is 0 Å². The number of fused-ring (bicyclic) bond motifs is 1. The van der Waals surface area contributed by atoms with Crippen LogP contribution in [-0.4, -0.2) is 19.0 Å². The van der Waals surface area contributed by atoms with Crippen LogP contribution in [0.15, 0.2) is 12.5 Å². The largest absolute Gasteiger partial charge is 0.242 e. The van der Waals surface area contributed by atoms with Crippen molar-refractivity contribution in [2.75, 3.05) is 0 Å². The standard InChI is InChI=1S/C8H7ClN4/c9-13-7(5-1-2-5)12-6-3-10-4-11-8(6)13/h3-5H,1-2H2. The highest BCUT2D eigenvalue weighted by atomic mass is 35.5. The van der Waals surface area contributed by atoms with Crippen LogP contribution in [0.2, 0.25) is 0 Å². The van der Waals surface area contributed by atoms with E-state index in [1.807, 2.05) is 0 Å². The van der Waals surface area contributed by atoms with E-state index in [-0.39, 0.29) is 0 Å². The SMILES string of the molecule is Cln1c(C2CC2)nc2cncnc21. The van der Waals surface area contributed by atoms with E-state index in [2.05, 4.69) is 15.0 Å². The Bertz CT molecular complexity index is 460. The fourth-order valence-corrected chi connectivity index (χ4v) is 1.72. The van der Waals surface area contributed by atoms with Crippen molar-refractivity contribution in [3.8, 4) is 0 Å². The van der Waals surface area contributed by atoms with Gasteiger partial charge in [0.1, 0.15) is 17.7 Å². The molecule has 0 saturated heterocycles. The van der Waals surface area contributed by atoms with Gasteiger partial charge >= 0.3 is 0 Å². The molecule has 0 radical (unpaired) electrons. The maximum absolute atomic E-state index is 6.06. The van der Waals surface area contributed by atoms with Gasteiger partial charge in [0.05, 0.1) is 6.20 Å². The zero-order valence-corrected chi connectivity index (χ0v) is 7.57. The minimum atomic E-state index is 0.534. The summed E-state index contributed by atoms with van der Waals surface area (Å²) in [5.74, 6) is 1.46. The number of hydrogen-bond acceptors (Lipinski definition) is 3. The first-order valence-corrected chi connectivity index (χ1v) is 4.54. The van der Waals surface area contributed by atoms with Crippen molar-refractivity contribution in [2.24, 2.45) is 0 Å². The Hall–Kier alpha value is -1.16. The Morgan fingerprint density at radius 1 is 1.46 bits per heavy atom. The molecule has 1 aliphatic carbocycles. The third-order valence-corrected chi connectivity index (χ3v) is 2.57. The lowest BCUT2D eigenvalue weighted by Gasteiger charge is -1.93. The quantitative estimate of drug-likeness (QED) is 0.694. The van der Waals surface area contributed by atoms with Crippen molar-refractivity contribution in [3.63, 3.8) is 0 Å². The highest BCUT2D eigenvalue weighted by molar-refractivity contribution is 6.18. The molecule has 2 heterocycles. The maximum Gasteiger partial charge on any atom is 0.178 e. The van der Waals surface area contributed by atoms with Crippen molar-refractivity contribution >= 4 is 22.9 Å². The molecule has 0 bridgehead atoms. The molecule has 0 aliphatic heterocycles. The van der Waals surface area contributed by atoms with Gasteiger partial charge < -0.3 is 0 Å². The number of rotatable bonds is 1. The predicted molar refractivity (Wildman–Crippen MR) is 48.5 cm³/mol. The predicted octanol–water partition coefficient (Wildman–Crippen LogP) is 1.71. The highest BCUT2D eigenvalue weighted by Gasteiger charge is 2.29. The number of hydrogen-bond donors (Lipinski definition) is 0. The molecule has 2 aromatic rings. The monoisotopic (exact) mass is 194 g/mol. The second kappa shape index (κ2) is 2.42. The van der Waals surface area contributed by atoms with Crippen LogP contribution in [0, 0.1) is 0 Å². The molecule has 0 atom stereocenters. The molecule has 5 heteroatoms. The molecule has 1 fully saturated rings. The Kier molecular flexibility index (Phi) is 1.35. The van der Waals surface area contributed by atoms with E-state index in [9.17, 15) is 0 Å². The van der Waals surface area contributed by atoms with E-state index < -0.39 is 0 Å². The van der Waals surface area contributed by atoms with E-state index in [1.54, 1.807) is 10.3 Å². The second-order valence-corrected chi connectivity index (χ2v) is 3.59. The molecular formula is C8H7ClN4. The molecule has 4 nitrogen and oxygen atoms in total. The van der Waals surface area contributed by atoms with Gasteiger partial charge in [-0.25, -0.2) is 19.0 Å². The summed E-state index contributed by atoms with van der Waals surface area (Å²) < 4.78 is 1.55. The zero-order valence-electron chi connectivity index (χ0n) is 6.81. The van der Waals surface area contributed by atoms with Gasteiger partial charge in [0.2, 0.25) is 0 Å². The summed E-state index contributed by atoms with van der Waals surface area (Å²) in [5.41, 5.74) is 1.48. The second-order valence-electron chi connectivity index (χ2n) is 3.26. The summed E-state index contributed by atoms with van der Waals surface area (Å²) in [6.45, 7) is 0. The first-order chi connectivity index (χ1) is 6.36. The van der Waals surface area contributed by atoms with E-state index in [1.165, 1.54) is 19.2 Å². The minimum absolute atomic E-state index is 0.534. The van der Waals surface area contributed by atoms with E-state index in [0.717, 1.165) is 11.3 Å². The molecule has 13 heavy (non-hydrogen) atoms. The lowest BCUT2D eigenvalue weighted by Crippen LogP contribution is -1.90. The van der Waals surface area contributed by atoms with Crippen molar-refractivity contribution in [1.82, 2.24) is 19.0 Å². The summed E-state index contributed by atoms with van der Waals surface area (Å²) in [5, 5.41) is 0. The average Bonchev–Trinajstić information content (AvgIpc) is 2.94. The van der Waals surface area contributed by atoms with Gasteiger partial charge in [-0.2, -0.15) is 0 Å². The molecule has 66 valence electrons. The molecule has 0 N–H and O–H groups in total. The minimum Gasteiger partial charge on any atom is -0.242 e. The summed E-state index contributed by atoms with van der Waals surface area (Å²) in [6.07, 6.45) is 5.54. The summed E-state index contributed by atoms with van der Waals surface area (Å²) in [6, 6.07) is 0. The third kappa shape index (κ3) is 1.02. The van der Waals surface area contributed by atoms with Crippen LogP contribution >= 0.6 is 11.8 Å². The molecule has 0 spiro atoms. The van der Waals surface area contributed by atoms with E-state index >= 15 is 0 Å². The molecule has 1 aliphatic rings. The fourth-order valence-electron chi connectivity index (χ4n) is 1.41. The molecular weight excluding hydrogens is 188 g/mol. The molecule has 0 amide bonds. The lowest BCUT2D eigenvalue weighted by molar-refractivity contribution is 0.947. The molecule has 2 aromatic heterocycles. The zero-order chi connectivity index (χ0) is 8.84.